The van der Waals surface area contributed by atoms with Crippen LogP contribution < -0.4 is 10.6 Å². The normalized spacial score (nSPS) is 18.1. The molecule has 1 fully saturated rings. The summed E-state index contributed by atoms with van der Waals surface area (Å²) in [7, 11) is 0. The Morgan fingerprint density at radius 2 is 2.06 bits per heavy atom. The maximum absolute atomic E-state index is 11.9. The third-order valence-corrected chi connectivity index (χ3v) is 5.62. The van der Waals surface area contributed by atoms with Crippen LogP contribution in [0.2, 0.25) is 0 Å². The van der Waals surface area contributed by atoms with Gasteiger partial charge in [-0.15, -0.1) is 0 Å². The molecule has 2 aromatic heterocycles. The van der Waals surface area contributed by atoms with Gasteiger partial charge in [0.15, 0.2) is 5.82 Å². The van der Waals surface area contributed by atoms with Gasteiger partial charge in [0.25, 0.3) is 0 Å². The molecule has 31 heavy (non-hydrogen) atoms. The standard InChI is InChI=1S/C22H28N6O3/c1-4-22(3,30)19-24-11-14(12-25-19)13-9-15(17-7-6-8-31-17)18-16(10-13)26-20(27-18)28-21(29)23-5-2/h9-12,17,30H,4-8H2,1-3H3,(H3,23,26,27,28,29). The summed E-state index contributed by atoms with van der Waals surface area (Å²) in [6.07, 6.45) is 5.82. The summed E-state index contributed by atoms with van der Waals surface area (Å²) in [6, 6.07) is 3.69. The van der Waals surface area contributed by atoms with E-state index in [1.165, 1.54) is 0 Å². The van der Waals surface area contributed by atoms with Crippen molar-refractivity contribution in [3.05, 3.63) is 35.9 Å². The minimum atomic E-state index is -1.06. The van der Waals surface area contributed by atoms with Gasteiger partial charge in [0.2, 0.25) is 5.95 Å². The fourth-order valence-corrected chi connectivity index (χ4v) is 3.66. The molecule has 0 saturated carbocycles. The molecule has 4 rings (SSSR count). The molecule has 3 heterocycles. The molecule has 1 saturated heterocycles. The summed E-state index contributed by atoms with van der Waals surface area (Å²) in [6.45, 7) is 6.70. The summed E-state index contributed by atoms with van der Waals surface area (Å²) in [5, 5.41) is 15.8. The van der Waals surface area contributed by atoms with Gasteiger partial charge < -0.3 is 20.1 Å². The fraction of sp³-hybridized carbons (Fsp3) is 0.455. The molecule has 2 unspecified atom stereocenters. The van der Waals surface area contributed by atoms with Crippen molar-refractivity contribution >= 4 is 23.0 Å². The second-order valence-corrected chi connectivity index (χ2v) is 7.96. The zero-order valence-corrected chi connectivity index (χ0v) is 18.0. The highest BCUT2D eigenvalue weighted by molar-refractivity contribution is 5.92. The van der Waals surface area contributed by atoms with Crippen molar-refractivity contribution in [3.8, 4) is 11.1 Å². The Morgan fingerprint density at radius 1 is 1.29 bits per heavy atom. The number of ether oxygens (including phenoxy) is 1. The van der Waals surface area contributed by atoms with Crippen LogP contribution in [-0.2, 0) is 10.3 Å². The minimum absolute atomic E-state index is 0.0518. The number of carbonyl (C=O) groups is 1. The van der Waals surface area contributed by atoms with E-state index < -0.39 is 5.60 Å². The van der Waals surface area contributed by atoms with E-state index in [0.717, 1.165) is 40.6 Å². The van der Waals surface area contributed by atoms with E-state index in [-0.39, 0.29) is 12.1 Å². The smallest absolute Gasteiger partial charge is 0.321 e. The van der Waals surface area contributed by atoms with Gasteiger partial charge in [-0.2, -0.15) is 0 Å². The van der Waals surface area contributed by atoms with Crippen LogP contribution in [0.1, 0.15) is 57.5 Å². The summed E-state index contributed by atoms with van der Waals surface area (Å²) >= 11 is 0. The van der Waals surface area contributed by atoms with Crippen LogP contribution >= 0.6 is 0 Å². The number of H-pyrrole nitrogens is 1. The molecule has 2 atom stereocenters. The predicted octanol–water partition coefficient (Wildman–Crippen LogP) is 3.63. The van der Waals surface area contributed by atoms with Gasteiger partial charge in [0.1, 0.15) is 5.60 Å². The summed E-state index contributed by atoms with van der Waals surface area (Å²) in [5.41, 5.74) is 3.20. The number of carbonyl (C=O) groups excluding carboxylic acids is 1. The van der Waals surface area contributed by atoms with Crippen molar-refractivity contribution in [2.45, 2.75) is 51.7 Å². The summed E-state index contributed by atoms with van der Waals surface area (Å²) in [5.74, 6) is 0.775. The van der Waals surface area contributed by atoms with Crippen molar-refractivity contribution in [1.82, 2.24) is 25.3 Å². The molecular formula is C22H28N6O3. The number of fused-ring (bicyclic) bond motifs is 1. The maximum Gasteiger partial charge on any atom is 0.321 e. The molecule has 2 amide bonds. The molecule has 0 aliphatic carbocycles. The Bertz CT molecular complexity index is 1070. The van der Waals surface area contributed by atoms with E-state index >= 15 is 0 Å². The van der Waals surface area contributed by atoms with Gasteiger partial charge in [-0.1, -0.05) is 6.92 Å². The van der Waals surface area contributed by atoms with Gasteiger partial charge in [0.05, 0.1) is 17.1 Å². The minimum Gasteiger partial charge on any atom is -0.382 e. The lowest BCUT2D eigenvalue weighted by molar-refractivity contribution is 0.0436. The quantitative estimate of drug-likeness (QED) is 0.479. The first kappa shape index (κ1) is 21.2. The average molecular weight is 425 g/mol. The number of nitrogens with zero attached hydrogens (tertiary/aromatic N) is 3. The van der Waals surface area contributed by atoms with E-state index in [9.17, 15) is 9.90 Å². The lowest BCUT2D eigenvalue weighted by Gasteiger charge is -2.19. The number of aromatic nitrogens is 4. The second-order valence-electron chi connectivity index (χ2n) is 7.96. The molecule has 3 aromatic rings. The predicted molar refractivity (Wildman–Crippen MR) is 118 cm³/mol. The average Bonchev–Trinajstić information content (AvgIpc) is 3.43. The molecule has 0 radical (unpaired) electrons. The van der Waals surface area contributed by atoms with Crippen molar-refractivity contribution < 1.29 is 14.6 Å². The Balaban J connectivity index is 1.74. The van der Waals surface area contributed by atoms with Crippen molar-refractivity contribution in [2.24, 2.45) is 0 Å². The number of aromatic amines is 1. The number of hydrogen-bond donors (Lipinski definition) is 4. The second kappa shape index (κ2) is 8.60. The van der Waals surface area contributed by atoms with Gasteiger partial charge in [-0.3, -0.25) is 5.32 Å². The number of nitrogens with one attached hydrogen (secondary N) is 3. The van der Waals surface area contributed by atoms with Gasteiger partial charge >= 0.3 is 6.03 Å². The highest BCUT2D eigenvalue weighted by atomic mass is 16.5. The van der Waals surface area contributed by atoms with Crippen LogP contribution in [0.4, 0.5) is 10.7 Å². The third kappa shape index (κ3) is 4.38. The number of benzene rings is 1. The SMILES string of the molecule is CCNC(=O)Nc1nc2c(C3CCCO3)cc(-c3cnc(C(C)(O)CC)nc3)cc2[nH]1. The van der Waals surface area contributed by atoms with E-state index in [0.29, 0.717) is 31.3 Å². The Labute approximate surface area is 180 Å². The third-order valence-electron chi connectivity index (χ3n) is 5.62. The summed E-state index contributed by atoms with van der Waals surface area (Å²) < 4.78 is 5.93. The lowest BCUT2D eigenvalue weighted by Crippen LogP contribution is -2.28. The molecule has 0 bridgehead atoms. The van der Waals surface area contributed by atoms with Crippen LogP contribution in [0.15, 0.2) is 24.5 Å². The first-order valence-corrected chi connectivity index (χ1v) is 10.7. The lowest BCUT2D eigenvalue weighted by atomic mass is 9.98. The largest absolute Gasteiger partial charge is 0.382 e. The van der Waals surface area contributed by atoms with Crippen LogP contribution in [-0.4, -0.2) is 44.2 Å². The summed E-state index contributed by atoms with van der Waals surface area (Å²) in [4.78, 5) is 28.5. The Kier molecular flexibility index (Phi) is 5.88. The zero-order chi connectivity index (χ0) is 22.0. The number of amides is 2. The van der Waals surface area contributed by atoms with E-state index in [2.05, 4.69) is 30.6 Å². The fourth-order valence-electron chi connectivity index (χ4n) is 3.66. The molecule has 164 valence electrons. The van der Waals surface area contributed by atoms with Gasteiger partial charge in [0, 0.05) is 36.7 Å². The number of imidazole rings is 1. The van der Waals surface area contributed by atoms with Crippen LogP contribution in [0.25, 0.3) is 22.2 Å². The van der Waals surface area contributed by atoms with Gasteiger partial charge in [-0.25, -0.2) is 19.7 Å². The number of urea groups is 1. The number of aliphatic hydroxyl groups is 1. The monoisotopic (exact) mass is 424 g/mol. The highest BCUT2D eigenvalue weighted by Crippen LogP contribution is 2.36. The molecule has 9 heteroatoms. The maximum atomic E-state index is 11.9. The molecule has 1 aliphatic rings. The molecule has 1 aliphatic heterocycles. The Hall–Kier alpha value is -3.04. The molecule has 9 nitrogen and oxygen atoms in total. The number of anilines is 1. The number of rotatable bonds is 6. The van der Waals surface area contributed by atoms with Crippen molar-refractivity contribution in [2.75, 3.05) is 18.5 Å². The molecule has 4 N–H and O–H groups in total. The first-order chi connectivity index (χ1) is 14.9. The highest BCUT2D eigenvalue weighted by Gasteiger charge is 2.25. The van der Waals surface area contributed by atoms with Gasteiger partial charge in [-0.05, 0) is 50.8 Å². The molecule has 0 spiro atoms. The zero-order valence-electron chi connectivity index (χ0n) is 18.0. The first-order valence-electron chi connectivity index (χ1n) is 10.7. The number of hydrogen-bond acceptors (Lipinski definition) is 6. The topological polar surface area (TPSA) is 125 Å². The van der Waals surface area contributed by atoms with Crippen molar-refractivity contribution in [1.29, 1.82) is 0 Å². The van der Waals surface area contributed by atoms with Crippen molar-refractivity contribution in [3.63, 3.8) is 0 Å². The van der Waals surface area contributed by atoms with Crippen LogP contribution in [0, 0.1) is 0 Å². The van der Waals surface area contributed by atoms with E-state index in [1.807, 2.05) is 26.0 Å². The van der Waals surface area contributed by atoms with Crippen LogP contribution in [0.5, 0.6) is 0 Å². The molecule has 1 aromatic carbocycles. The molecular weight excluding hydrogens is 396 g/mol. The van der Waals surface area contributed by atoms with Crippen LogP contribution in [0.3, 0.4) is 0 Å². The van der Waals surface area contributed by atoms with E-state index in [1.54, 1.807) is 19.3 Å². The van der Waals surface area contributed by atoms with E-state index in [4.69, 9.17) is 4.74 Å². The Morgan fingerprint density at radius 3 is 2.71 bits per heavy atom.